The van der Waals surface area contributed by atoms with E-state index in [9.17, 15) is 10.2 Å². The molecule has 0 radical (unpaired) electrons. The molecule has 0 spiro atoms. The molecule has 90 valence electrons. The SMILES string of the molecule is CCc1cc(CN2C[C@@H](O)[C@@H](O)C2)n(C)n1. The van der Waals surface area contributed by atoms with Gasteiger partial charge in [-0.1, -0.05) is 6.92 Å². The van der Waals surface area contributed by atoms with Crippen molar-refractivity contribution >= 4 is 0 Å². The van der Waals surface area contributed by atoms with E-state index in [1.807, 2.05) is 16.6 Å². The fraction of sp³-hybridized carbons (Fsp3) is 0.727. The first-order valence-electron chi connectivity index (χ1n) is 5.70. The second kappa shape index (κ2) is 4.53. The number of hydrogen-bond acceptors (Lipinski definition) is 4. The highest BCUT2D eigenvalue weighted by Gasteiger charge is 2.29. The Balaban J connectivity index is 2.01. The summed E-state index contributed by atoms with van der Waals surface area (Å²) < 4.78 is 1.87. The monoisotopic (exact) mass is 225 g/mol. The number of hydrogen-bond donors (Lipinski definition) is 2. The van der Waals surface area contributed by atoms with E-state index in [2.05, 4.69) is 18.1 Å². The fourth-order valence-corrected chi connectivity index (χ4v) is 2.10. The maximum atomic E-state index is 9.45. The Hall–Kier alpha value is -0.910. The van der Waals surface area contributed by atoms with Crippen LogP contribution in [0.1, 0.15) is 18.3 Å². The van der Waals surface area contributed by atoms with Crippen molar-refractivity contribution in [1.29, 1.82) is 0 Å². The van der Waals surface area contributed by atoms with Crippen molar-refractivity contribution in [3.05, 3.63) is 17.5 Å². The second-order valence-corrected chi connectivity index (χ2v) is 4.43. The van der Waals surface area contributed by atoms with Crippen LogP contribution in [0.5, 0.6) is 0 Å². The van der Waals surface area contributed by atoms with Crippen LogP contribution in [0, 0.1) is 0 Å². The van der Waals surface area contributed by atoms with Crippen LogP contribution in [0.15, 0.2) is 6.07 Å². The number of aliphatic hydroxyl groups is 2. The quantitative estimate of drug-likeness (QED) is 0.729. The van der Waals surface area contributed by atoms with Crippen LogP contribution in [-0.2, 0) is 20.0 Å². The highest BCUT2D eigenvalue weighted by Crippen LogP contribution is 2.14. The molecule has 5 heteroatoms. The minimum Gasteiger partial charge on any atom is -0.389 e. The lowest BCUT2D eigenvalue weighted by Crippen LogP contribution is -2.22. The number of aliphatic hydroxyl groups excluding tert-OH is 2. The third kappa shape index (κ3) is 2.26. The van der Waals surface area contributed by atoms with E-state index in [1.165, 1.54) is 0 Å². The Morgan fingerprint density at radius 3 is 2.50 bits per heavy atom. The van der Waals surface area contributed by atoms with Gasteiger partial charge in [0.15, 0.2) is 0 Å². The summed E-state index contributed by atoms with van der Waals surface area (Å²) in [5, 5.41) is 23.3. The molecule has 2 N–H and O–H groups in total. The Bertz CT molecular complexity index is 354. The Kier molecular flexibility index (Phi) is 3.28. The molecule has 16 heavy (non-hydrogen) atoms. The van der Waals surface area contributed by atoms with Gasteiger partial charge in [0.25, 0.3) is 0 Å². The van der Waals surface area contributed by atoms with Gasteiger partial charge in [0.1, 0.15) is 0 Å². The maximum absolute atomic E-state index is 9.45. The topological polar surface area (TPSA) is 61.5 Å². The van der Waals surface area contributed by atoms with Crippen molar-refractivity contribution in [2.75, 3.05) is 13.1 Å². The summed E-state index contributed by atoms with van der Waals surface area (Å²) >= 11 is 0. The second-order valence-electron chi connectivity index (χ2n) is 4.43. The number of aryl methyl sites for hydroxylation is 2. The van der Waals surface area contributed by atoms with Gasteiger partial charge >= 0.3 is 0 Å². The van der Waals surface area contributed by atoms with Gasteiger partial charge in [-0.05, 0) is 12.5 Å². The summed E-state index contributed by atoms with van der Waals surface area (Å²) in [6.45, 7) is 3.88. The molecule has 0 bridgehead atoms. The van der Waals surface area contributed by atoms with Crippen LogP contribution in [0.2, 0.25) is 0 Å². The highest BCUT2D eigenvalue weighted by molar-refractivity contribution is 5.10. The Morgan fingerprint density at radius 2 is 2.00 bits per heavy atom. The number of aromatic nitrogens is 2. The summed E-state index contributed by atoms with van der Waals surface area (Å²) in [5.41, 5.74) is 2.20. The van der Waals surface area contributed by atoms with Crippen LogP contribution in [0.4, 0.5) is 0 Å². The molecule has 1 saturated heterocycles. The number of β-amino-alcohol motifs (C(OH)–C–C–N with tert-alkyl or cyclic N) is 2. The molecule has 2 rings (SSSR count). The fourth-order valence-electron chi connectivity index (χ4n) is 2.10. The predicted molar refractivity (Wildman–Crippen MR) is 59.9 cm³/mol. The number of likely N-dealkylation sites (tertiary alicyclic amines) is 1. The summed E-state index contributed by atoms with van der Waals surface area (Å²) in [6.07, 6.45) is -0.295. The Labute approximate surface area is 95.3 Å². The molecule has 0 unspecified atom stereocenters. The van der Waals surface area contributed by atoms with E-state index in [4.69, 9.17) is 0 Å². The average molecular weight is 225 g/mol. The highest BCUT2D eigenvalue weighted by atomic mass is 16.3. The number of nitrogens with zero attached hydrogens (tertiary/aromatic N) is 3. The molecule has 1 aliphatic heterocycles. The van der Waals surface area contributed by atoms with Crippen LogP contribution in [-0.4, -0.2) is 50.2 Å². The zero-order chi connectivity index (χ0) is 11.7. The lowest BCUT2D eigenvalue weighted by Gasteiger charge is -2.14. The third-order valence-corrected chi connectivity index (χ3v) is 3.11. The maximum Gasteiger partial charge on any atom is 0.0938 e. The molecule has 1 fully saturated rings. The molecule has 2 atom stereocenters. The number of rotatable bonds is 3. The molecular weight excluding hydrogens is 206 g/mol. The van der Waals surface area contributed by atoms with Gasteiger partial charge in [-0.15, -0.1) is 0 Å². The van der Waals surface area contributed by atoms with E-state index in [0.29, 0.717) is 13.1 Å². The third-order valence-electron chi connectivity index (χ3n) is 3.11. The molecule has 5 nitrogen and oxygen atoms in total. The summed E-state index contributed by atoms with van der Waals surface area (Å²) in [4.78, 5) is 2.05. The van der Waals surface area contributed by atoms with Crippen molar-refractivity contribution in [2.45, 2.75) is 32.1 Å². The van der Waals surface area contributed by atoms with Crippen molar-refractivity contribution < 1.29 is 10.2 Å². The lowest BCUT2D eigenvalue weighted by atomic mass is 10.3. The summed E-state index contributed by atoms with van der Waals surface area (Å²) in [7, 11) is 1.93. The normalized spacial score (nSPS) is 26.5. The molecular formula is C11H19N3O2. The zero-order valence-corrected chi connectivity index (χ0v) is 9.80. The van der Waals surface area contributed by atoms with Crippen LogP contribution in [0.3, 0.4) is 0 Å². The summed E-state index contributed by atoms with van der Waals surface area (Å²) in [5.74, 6) is 0. The minimum atomic E-state index is -0.612. The first kappa shape index (κ1) is 11.6. The van der Waals surface area contributed by atoms with E-state index in [0.717, 1.165) is 24.4 Å². The average Bonchev–Trinajstić information content (AvgIpc) is 2.73. The smallest absolute Gasteiger partial charge is 0.0938 e. The van der Waals surface area contributed by atoms with E-state index < -0.39 is 12.2 Å². The van der Waals surface area contributed by atoms with E-state index in [1.54, 1.807) is 0 Å². The van der Waals surface area contributed by atoms with Crippen molar-refractivity contribution in [3.8, 4) is 0 Å². The van der Waals surface area contributed by atoms with Gasteiger partial charge in [0.2, 0.25) is 0 Å². The largest absolute Gasteiger partial charge is 0.389 e. The molecule has 2 heterocycles. The molecule has 0 saturated carbocycles. The van der Waals surface area contributed by atoms with Crippen molar-refractivity contribution in [2.24, 2.45) is 7.05 Å². The van der Waals surface area contributed by atoms with E-state index >= 15 is 0 Å². The minimum absolute atomic E-state index is 0.536. The predicted octanol–water partition coefficient (Wildman–Crippen LogP) is -0.480. The molecule has 0 amide bonds. The summed E-state index contributed by atoms with van der Waals surface area (Å²) in [6, 6.07) is 2.08. The van der Waals surface area contributed by atoms with Crippen LogP contribution in [0.25, 0.3) is 0 Å². The van der Waals surface area contributed by atoms with Gasteiger partial charge in [-0.2, -0.15) is 5.10 Å². The van der Waals surface area contributed by atoms with E-state index in [-0.39, 0.29) is 0 Å². The molecule has 1 aromatic heterocycles. The van der Waals surface area contributed by atoms with Crippen LogP contribution < -0.4 is 0 Å². The van der Waals surface area contributed by atoms with Crippen molar-refractivity contribution in [1.82, 2.24) is 14.7 Å². The molecule has 1 aliphatic rings. The van der Waals surface area contributed by atoms with Crippen LogP contribution >= 0.6 is 0 Å². The standard InChI is InChI=1S/C11H19N3O2/c1-3-8-4-9(13(2)12-8)5-14-6-10(15)11(16)7-14/h4,10-11,15-16H,3,5-7H2,1-2H3/t10-,11+. The van der Waals surface area contributed by atoms with Gasteiger partial charge < -0.3 is 10.2 Å². The Morgan fingerprint density at radius 1 is 1.38 bits per heavy atom. The van der Waals surface area contributed by atoms with Gasteiger partial charge in [-0.3, -0.25) is 9.58 Å². The van der Waals surface area contributed by atoms with Gasteiger partial charge in [0.05, 0.1) is 23.6 Å². The first-order valence-corrected chi connectivity index (χ1v) is 5.70. The van der Waals surface area contributed by atoms with Gasteiger partial charge in [-0.25, -0.2) is 0 Å². The van der Waals surface area contributed by atoms with Gasteiger partial charge in [0, 0.05) is 26.7 Å². The zero-order valence-electron chi connectivity index (χ0n) is 9.80. The molecule has 0 aliphatic carbocycles. The molecule has 0 aromatic carbocycles. The lowest BCUT2D eigenvalue weighted by molar-refractivity contribution is 0.0572. The first-order chi connectivity index (χ1) is 7.60. The van der Waals surface area contributed by atoms with Crippen molar-refractivity contribution in [3.63, 3.8) is 0 Å². The molecule has 1 aromatic rings.